The summed E-state index contributed by atoms with van der Waals surface area (Å²) in [6.07, 6.45) is 0.502. The molecule has 1 unspecified atom stereocenters. The van der Waals surface area contributed by atoms with Gasteiger partial charge in [-0.1, -0.05) is 0 Å². The Bertz CT molecular complexity index is 360. The lowest BCUT2D eigenvalue weighted by Gasteiger charge is -2.11. The van der Waals surface area contributed by atoms with Gasteiger partial charge in [-0.3, -0.25) is 9.59 Å². The second-order valence-corrected chi connectivity index (χ2v) is 3.00. The maximum atomic E-state index is 11.0. The Hall–Kier alpha value is -2.38. The van der Waals surface area contributed by atoms with Crippen molar-refractivity contribution in [2.45, 2.75) is 18.9 Å². The molecule has 0 aliphatic rings. The van der Waals surface area contributed by atoms with Crippen LogP contribution in [-0.2, 0) is 19.2 Å². The first-order valence-electron chi connectivity index (χ1n) is 4.49. The van der Waals surface area contributed by atoms with Crippen LogP contribution in [0.3, 0.4) is 0 Å². The standard InChI is InChI=1S/C9H11NO7/c11-6(2-4-8(14)15)10-5(9(16)17)1-3-7(12)13/h2,4-5H,1,3H2,(H,10,11)(H,12,13)(H,14,15)(H,16,17)/b4-2-. The molecule has 0 radical (unpaired) electrons. The molecule has 0 rings (SSSR count). The van der Waals surface area contributed by atoms with E-state index in [4.69, 9.17) is 15.3 Å². The van der Waals surface area contributed by atoms with Crippen molar-refractivity contribution in [3.63, 3.8) is 0 Å². The number of rotatable bonds is 7. The van der Waals surface area contributed by atoms with E-state index in [9.17, 15) is 19.2 Å². The van der Waals surface area contributed by atoms with Gasteiger partial charge in [-0.25, -0.2) is 9.59 Å². The number of hydrogen-bond donors (Lipinski definition) is 4. The van der Waals surface area contributed by atoms with Crippen LogP contribution in [0.5, 0.6) is 0 Å². The van der Waals surface area contributed by atoms with Crippen molar-refractivity contribution in [3.8, 4) is 0 Å². The summed E-state index contributed by atoms with van der Waals surface area (Å²) in [7, 11) is 0. The van der Waals surface area contributed by atoms with Crippen LogP contribution < -0.4 is 5.32 Å². The molecule has 8 heteroatoms. The number of carboxylic acid groups (broad SMARTS) is 3. The van der Waals surface area contributed by atoms with Gasteiger partial charge < -0.3 is 20.6 Å². The maximum Gasteiger partial charge on any atom is 0.328 e. The van der Waals surface area contributed by atoms with Gasteiger partial charge in [0.2, 0.25) is 5.91 Å². The molecule has 0 bridgehead atoms. The quantitative estimate of drug-likeness (QED) is 0.424. The predicted octanol–water partition coefficient (Wildman–Crippen LogP) is -0.939. The highest BCUT2D eigenvalue weighted by Crippen LogP contribution is 1.98. The molecule has 0 spiro atoms. The van der Waals surface area contributed by atoms with Crippen molar-refractivity contribution in [2.75, 3.05) is 0 Å². The van der Waals surface area contributed by atoms with Crippen LogP contribution >= 0.6 is 0 Å². The first kappa shape index (κ1) is 14.6. The Morgan fingerprint density at radius 1 is 1.06 bits per heavy atom. The van der Waals surface area contributed by atoms with Gasteiger partial charge in [0, 0.05) is 18.6 Å². The smallest absolute Gasteiger partial charge is 0.328 e. The van der Waals surface area contributed by atoms with Gasteiger partial charge in [0.25, 0.3) is 0 Å². The highest BCUT2D eigenvalue weighted by atomic mass is 16.4. The molecule has 0 saturated carbocycles. The first-order valence-corrected chi connectivity index (χ1v) is 4.49. The molecule has 1 amide bonds. The minimum absolute atomic E-state index is 0.280. The Kier molecular flexibility index (Phi) is 6.01. The van der Waals surface area contributed by atoms with E-state index < -0.39 is 36.3 Å². The van der Waals surface area contributed by atoms with E-state index in [-0.39, 0.29) is 6.42 Å². The predicted molar refractivity (Wildman–Crippen MR) is 53.2 cm³/mol. The number of amides is 1. The van der Waals surface area contributed by atoms with Crippen LogP contribution in [0.1, 0.15) is 12.8 Å². The largest absolute Gasteiger partial charge is 0.481 e. The Labute approximate surface area is 95.5 Å². The van der Waals surface area contributed by atoms with E-state index in [1.54, 1.807) is 0 Å². The summed E-state index contributed by atoms with van der Waals surface area (Å²) >= 11 is 0. The molecule has 0 aliphatic carbocycles. The van der Waals surface area contributed by atoms with Crippen LogP contribution in [0, 0.1) is 0 Å². The molecule has 0 aliphatic heterocycles. The number of hydrogen-bond acceptors (Lipinski definition) is 4. The number of nitrogens with one attached hydrogen (secondary N) is 1. The number of carbonyl (C=O) groups excluding carboxylic acids is 1. The number of carboxylic acids is 3. The average molecular weight is 245 g/mol. The molecule has 8 nitrogen and oxygen atoms in total. The summed E-state index contributed by atoms with van der Waals surface area (Å²) < 4.78 is 0. The SMILES string of the molecule is O=C(O)/C=C\C(=O)NC(CCC(=O)O)C(=O)O. The fourth-order valence-corrected chi connectivity index (χ4v) is 0.892. The highest BCUT2D eigenvalue weighted by Gasteiger charge is 2.19. The molecule has 0 aromatic heterocycles. The maximum absolute atomic E-state index is 11.0. The van der Waals surface area contributed by atoms with Crippen LogP contribution in [-0.4, -0.2) is 45.2 Å². The lowest BCUT2D eigenvalue weighted by atomic mass is 10.1. The van der Waals surface area contributed by atoms with Gasteiger partial charge in [-0.2, -0.15) is 0 Å². The highest BCUT2D eigenvalue weighted by molar-refractivity contribution is 5.95. The first-order chi connectivity index (χ1) is 7.82. The molecular formula is C9H11NO7. The lowest BCUT2D eigenvalue weighted by molar-refractivity contribution is -0.142. The second kappa shape index (κ2) is 6.99. The molecule has 17 heavy (non-hydrogen) atoms. The molecule has 0 fully saturated rings. The second-order valence-electron chi connectivity index (χ2n) is 3.00. The summed E-state index contributed by atoms with van der Waals surface area (Å²) in [5, 5.41) is 27.2. The van der Waals surface area contributed by atoms with Crippen LogP contribution in [0.25, 0.3) is 0 Å². The van der Waals surface area contributed by atoms with Gasteiger partial charge in [0.15, 0.2) is 0 Å². The molecular weight excluding hydrogens is 234 g/mol. The van der Waals surface area contributed by atoms with Crippen molar-refractivity contribution >= 4 is 23.8 Å². The number of aliphatic carboxylic acids is 3. The molecule has 0 aromatic rings. The third kappa shape index (κ3) is 7.54. The molecule has 0 saturated heterocycles. The zero-order valence-corrected chi connectivity index (χ0v) is 8.62. The third-order valence-electron chi connectivity index (χ3n) is 1.64. The van der Waals surface area contributed by atoms with Crippen molar-refractivity contribution < 1.29 is 34.5 Å². The molecule has 4 N–H and O–H groups in total. The summed E-state index contributed by atoms with van der Waals surface area (Å²) in [4.78, 5) is 42.0. The van der Waals surface area contributed by atoms with E-state index >= 15 is 0 Å². The van der Waals surface area contributed by atoms with E-state index in [2.05, 4.69) is 0 Å². The molecule has 1 atom stereocenters. The van der Waals surface area contributed by atoms with Crippen molar-refractivity contribution in [2.24, 2.45) is 0 Å². The summed E-state index contributed by atoms with van der Waals surface area (Å²) in [5.74, 6) is -4.84. The zero-order chi connectivity index (χ0) is 13.4. The Morgan fingerprint density at radius 2 is 1.65 bits per heavy atom. The van der Waals surface area contributed by atoms with Gasteiger partial charge in [0.05, 0.1) is 0 Å². The average Bonchev–Trinajstić information content (AvgIpc) is 2.20. The monoisotopic (exact) mass is 245 g/mol. The van der Waals surface area contributed by atoms with Crippen molar-refractivity contribution in [1.29, 1.82) is 0 Å². The van der Waals surface area contributed by atoms with E-state index in [0.717, 1.165) is 0 Å². The zero-order valence-electron chi connectivity index (χ0n) is 8.62. The summed E-state index contributed by atoms with van der Waals surface area (Å²) in [6, 6.07) is -1.36. The van der Waals surface area contributed by atoms with Gasteiger partial charge in [-0.15, -0.1) is 0 Å². The molecule has 0 aromatic carbocycles. The fourth-order valence-electron chi connectivity index (χ4n) is 0.892. The summed E-state index contributed by atoms with van der Waals surface area (Å²) in [5.41, 5.74) is 0. The normalized spacial score (nSPS) is 12.0. The van der Waals surface area contributed by atoms with Crippen molar-refractivity contribution in [1.82, 2.24) is 5.32 Å². The van der Waals surface area contributed by atoms with Gasteiger partial charge in [-0.05, 0) is 6.42 Å². The van der Waals surface area contributed by atoms with E-state index in [1.807, 2.05) is 5.32 Å². The lowest BCUT2D eigenvalue weighted by Crippen LogP contribution is -2.40. The third-order valence-corrected chi connectivity index (χ3v) is 1.64. The van der Waals surface area contributed by atoms with E-state index in [0.29, 0.717) is 12.2 Å². The number of carbonyl (C=O) groups is 4. The minimum Gasteiger partial charge on any atom is -0.481 e. The van der Waals surface area contributed by atoms with Crippen LogP contribution in [0.2, 0.25) is 0 Å². The van der Waals surface area contributed by atoms with E-state index in [1.165, 1.54) is 0 Å². The van der Waals surface area contributed by atoms with Crippen LogP contribution in [0.15, 0.2) is 12.2 Å². The van der Waals surface area contributed by atoms with Crippen LogP contribution in [0.4, 0.5) is 0 Å². The van der Waals surface area contributed by atoms with Crippen molar-refractivity contribution in [3.05, 3.63) is 12.2 Å². The molecule has 0 heterocycles. The Morgan fingerprint density at radius 3 is 2.06 bits per heavy atom. The minimum atomic E-state index is -1.39. The molecule has 94 valence electrons. The summed E-state index contributed by atoms with van der Waals surface area (Å²) in [6.45, 7) is 0. The fraction of sp³-hybridized carbons (Fsp3) is 0.333. The van der Waals surface area contributed by atoms with Gasteiger partial charge in [0.1, 0.15) is 6.04 Å². The Balaban J connectivity index is 4.34. The topological polar surface area (TPSA) is 141 Å². The van der Waals surface area contributed by atoms with Gasteiger partial charge >= 0.3 is 17.9 Å².